The van der Waals surface area contributed by atoms with E-state index >= 15 is 0 Å². The summed E-state index contributed by atoms with van der Waals surface area (Å²) in [6, 6.07) is 0. The number of nitrogens with zero attached hydrogens (tertiary/aromatic N) is 2. The molecule has 1 heterocycles. The Morgan fingerprint density at radius 1 is 1.79 bits per heavy atom. The Bertz CT molecular complexity index is 231. The van der Waals surface area contributed by atoms with Crippen LogP contribution in [0.4, 0.5) is 0 Å². The van der Waals surface area contributed by atoms with Gasteiger partial charge in [-0.2, -0.15) is 5.26 Å². The molecule has 0 saturated carbocycles. The average molecular weight is 213 g/mol. The molecule has 78 valence electrons. The van der Waals surface area contributed by atoms with Crippen molar-refractivity contribution in [1.82, 2.24) is 5.32 Å². The minimum atomic E-state index is 0.520. The molecule has 0 amide bonds. The number of hydrogen-bond donors (Lipinski definition) is 1. The zero-order valence-corrected chi connectivity index (χ0v) is 9.14. The van der Waals surface area contributed by atoms with E-state index in [1.54, 1.807) is 0 Å². The van der Waals surface area contributed by atoms with Crippen molar-refractivity contribution in [3.63, 3.8) is 0 Å². The highest BCUT2D eigenvalue weighted by atomic mass is 32.2. The highest BCUT2D eigenvalue weighted by molar-refractivity contribution is 8.13. The summed E-state index contributed by atoms with van der Waals surface area (Å²) in [5.41, 5.74) is 0. The molecule has 0 bridgehead atoms. The zero-order valence-electron chi connectivity index (χ0n) is 8.32. The van der Waals surface area contributed by atoms with Crippen LogP contribution in [0.5, 0.6) is 0 Å². The van der Waals surface area contributed by atoms with Crippen LogP contribution >= 0.6 is 11.8 Å². The van der Waals surface area contributed by atoms with Crippen molar-refractivity contribution in [2.45, 2.75) is 12.8 Å². The maximum Gasteiger partial charge on any atom is 0.183 e. The fourth-order valence-electron chi connectivity index (χ4n) is 1.37. The van der Waals surface area contributed by atoms with Gasteiger partial charge < -0.3 is 4.74 Å². The van der Waals surface area contributed by atoms with Gasteiger partial charge in [0.1, 0.15) is 0 Å². The van der Waals surface area contributed by atoms with E-state index in [0.717, 1.165) is 26.2 Å². The molecule has 5 heteroatoms. The molecule has 0 aliphatic carbocycles. The van der Waals surface area contributed by atoms with Crippen molar-refractivity contribution in [2.75, 3.05) is 26.0 Å². The monoisotopic (exact) mass is 213 g/mol. The van der Waals surface area contributed by atoms with Crippen molar-refractivity contribution >= 4 is 16.9 Å². The predicted octanol–water partition coefficient (Wildman–Crippen LogP) is 1.20. The van der Waals surface area contributed by atoms with E-state index in [1.165, 1.54) is 18.2 Å². The highest BCUT2D eigenvalue weighted by Gasteiger charge is 2.13. The molecule has 1 aliphatic rings. The Morgan fingerprint density at radius 2 is 2.64 bits per heavy atom. The fourth-order valence-corrected chi connectivity index (χ4v) is 1.72. The Balaban J connectivity index is 2.31. The van der Waals surface area contributed by atoms with E-state index in [-0.39, 0.29) is 0 Å². The van der Waals surface area contributed by atoms with Crippen LogP contribution < -0.4 is 5.32 Å². The second kappa shape index (κ2) is 6.68. The fraction of sp³-hybridized carbons (Fsp3) is 0.778. The first-order valence-electron chi connectivity index (χ1n) is 4.68. The summed E-state index contributed by atoms with van der Waals surface area (Å²) in [6.07, 6.45) is 6.08. The van der Waals surface area contributed by atoms with Crippen molar-refractivity contribution in [2.24, 2.45) is 10.9 Å². The minimum Gasteiger partial charge on any atom is -0.381 e. The molecule has 0 aromatic carbocycles. The summed E-state index contributed by atoms with van der Waals surface area (Å²) in [4.78, 5) is 4.32. The van der Waals surface area contributed by atoms with Crippen LogP contribution in [-0.4, -0.2) is 31.2 Å². The lowest BCUT2D eigenvalue weighted by atomic mass is 10.0. The molecule has 14 heavy (non-hydrogen) atoms. The molecule has 0 aromatic heterocycles. The molecule has 1 N–H and O–H groups in total. The normalized spacial score (nSPS) is 22.9. The third kappa shape index (κ3) is 3.99. The van der Waals surface area contributed by atoms with E-state index in [4.69, 9.17) is 10.00 Å². The summed E-state index contributed by atoms with van der Waals surface area (Å²) in [6.45, 7) is 2.44. The lowest BCUT2D eigenvalue weighted by Crippen LogP contribution is -2.22. The van der Waals surface area contributed by atoms with Gasteiger partial charge in [-0.1, -0.05) is 11.8 Å². The summed E-state index contributed by atoms with van der Waals surface area (Å²) in [5.74, 6) is 0.520. The number of hydrogen-bond acceptors (Lipinski definition) is 4. The quantitative estimate of drug-likeness (QED) is 0.324. The standard InChI is InChI=1S/C9H15N3OS/c1-14-9(12-7-10)11-5-8-3-2-4-13-6-8/h8H,2-6H2,1H3,(H,11,12). The number of nitriles is 1. The van der Waals surface area contributed by atoms with Gasteiger partial charge in [-0.3, -0.25) is 10.3 Å². The second-order valence-corrected chi connectivity index (χ2v) is 3.96. The molecule has 1 unspecified atom stereocenters. The lowest BCUT2D eigenvalue weighted by Gasteiger charge is -2.20. The van der Waals surface area contributed by atoms with E-state index in [2.05, 4.69) is 10.3 Å². The third-order valence-electron chi connectivity index (χ3n) is 2.10. The van der Waals surface area contributed by atoms with Gasteiger partial charge in [-0.25, -0.2) is 0 Å². The molecule has 0 aromatic rings. The topological polar surface area (TPSA) is 57.4 Å². The largest absolute Gasteiger partial charge is 0.381 e. The van der Waals surface area contributed by atoms with Crippen molar-refractivity contribution in [1.29, 1.82) is 5.26 Å². The first kappa shape index (κ1) is 11.3. The number of nitrogens with one attached hydrogen (secondary N) is 1. The van der Waals surface area contributed by atoms with Gasteiger partial charge in [-0.05, 0) is 19.1 Å². The second-order valence-electron chi connectivity index (χ2n) is 3.17. The van der Waals surface area contributed by atoms with Crippen molar-refractivity contribution in [3.05, 3.63) is 0 Å². The van der Waals surface area contributed by atoms with E-state index < -0.39 is 0 Å². The molecule has 1 fully saturated rings. The maximum atomic E-state index is 8.42. The Hall–Kier alpha value is -0.730. The van der Waals surface area contributed by atoms with Crippen molar-refractivity contribution in [3.8, 4) is 6.19 Å². The molecule has 4 nitrogen and oxygen atoms in total. The Labute approximate surface area is 88.7 Å². The van der Waals surface area contributed by atoms with Gasteiger partial charge in [0.2, 0.25) is 0 Å². The van der Waals surface area contributed by atoms with Crippen LogP contribution in [0.3, 0.4) is 0 Å². The molecule has 1 saturated heterocycles. The number of thioether (sulfide) groups is 1. The maximum absolute atomic E-state index is 8.42. The average Bonchev–Trinajstić information content (AvgIpc) is 2.25. The smallest absolute Gasteiger partial charge is 0.183 e. The Kier molecular flexibility index (Phi) is 5.42. The molecular formula is C9H15N3OS. The molecule has 1 atom stereocenters. The number of aliphatic imine (C=N–C) groups is 1. The molecule has 0 radical (unpaired) electrons. The molecule has 0 spiro atoms. The van der Waals surface area contributed by atoms with Gasteiger partial charge in [0, 0.05) is 19.1 Å². The summed E-state index contributed by atoms with van der Waals surface area (Å²) < 4.78 is 5.35. The Morgan fingerprint density at radius 3 is 3.21 bits per heavy atom. The van der Waals surface area contributed by atoms with E-state index in [1.807, 2.05) is 12.4 Å². The van der Waals surface area contributed by atoms with Gasteiger partial charge in [0.05, 0.1) is 6.61 Å². The molecule has 1 aliphatic heterocycles. The van der Waals surface area contributed by atoms with E-state index in [9.17, 15) is 0 Å². The van der Waals surface area contributed by atoms with Crippen LogP contribution in [0.15, 0.2) is 4.99 Å². The van der Waals surface area contributed by atoms with Crippen LogP contribution in [0.2, 0.25) is 0 Å². The summed E-state index contributed by atoms with van der Waals surface area (Å²) in [7, 11) is 0. The van der Waals surface area contributed by atoms with Crippen LogP contribution in [-0.2, 0) is 4.74 Å². The summed E-state index contributed by atoms with van der Waals surface area (Å²) >= 11 is 1.46. The van der Waals surface area contributed by atoms with Gasteiger partial charge in [0.25, 0.3) is 0 Å². The number of rotatable bonds is 2. The van der Waals surface area contributed by atoms with Crippen molar-refractivity contribution < 1.29 is 4.74 Å². The van der Waals surface area contributed by atoms with Crippen LogP contribution in [0.1, 0.15) is 12.8 Å². The zero-order chi connectivity index (χ0) is 10.2. The SMILES string of the molecule is CSC(=NCC1CCCOC1)NC#N. The van der Waals surface area contributed by atoms with E-state index in [0.29, 0.717) is 11.1 Å². The van der Waals surface area contributed by atoms with Gasteiger partial charge in [0.15, 0.2) is 11.4 Å². The minimum absolute atomic E-state index is 0.520. The van der Waals surface area contributed by atoms with Gasteiger partial charge >= 0.3 is 0 Å². The number of amidine groups is 1. The first-order valence-corrected chi connectivity index (χ1v) is 5.90. The highest BCUT2D eigenvalue weighted by Crippen LogP contribution is 2.13. The molecule has 1 rings (SSSR count). The third-order valence-corrected chi connectivity index (χ3v) is 2.72. The predicted molar refractivity (Wildman–Crippen MR) is 58.1 cm³/mol. The molecular weight excluding hydrogens is 198 g/mol. The van der Waals surface area contributed by atoms with Crippen LogP contribution in [0.25, 0.3) is 0 Å². The van der Waals surface area contributed by atoms with Gasteiger partial charge in [-0.15, -0.1) is 0 Å². The summed E-state index contributed by atoms with van der Waals surface area (Å²) in [5, 5.41) is 11.7. The van der Waals surface area contributed by atoms with Crippen LogP contribution in [0, 0.1) is 17.4 Å². The first-order chi connectivity index (χ1) is 6.86. The lowest BCUT2D eigenvalue weighted by molar-refractivity contribution is 0.0582. The number of ether oxygens (including phenoxy) is 1.